The van der Waals surface area contributed by atoms with Gasteiger partial charge in [-0.1, -0.05) is 6.42 Å². The standard InChI is InChI=1S/C17H24N4O2S/c1-12-14-11-15(16(22)19-20-7-3-2-4-8-20)24-17(14)21(18-12)13-5-9-23-10-6-13/h11,13H,2-10H2,1H3,(H,19,22). The van der Waals surface area contributed by atoms with E-state index in [4.69, 9.17) is 9.84 Å². The van der Waals surface area contributed by atoms with Gasteiger partial charge in [0.05, 0.1) is 16.6 Å². The summed E-state index contributed by atoms with van der Waals surface area (Å²) in [6, 6.07) is 2.38. The minimum Gasteiger partial charge on any atom is -0.381 e. The van der Waals surface area contributed by atoms with E-state index in [0.717, 1.165) is 72.8 Å². The highest BCUT2D eigenvalue weighted by molar-refractivity contribution is 7.20. The van der Waals surface area contributed by atoms with E-state index in [2.05, 4.69) is 10.1 Å². The SMILES string of the molecule is Cc1nn(C2CCOCC2)c2sc(C(=O)NN3CCCCC3)cc12. The van der Waals surface area contributed by atoms with Crippen LogP contribution in [0.25, 0.3) is 10.2 Å². The third-order valence-corrected chi connectivity index (χ3v) is 6.07. The Labute approximate surface area is 145 Å². The van der Waals surface area contributed by atoms with E-state index < -0.39 is 0 Å². The van der Waals surface area contributed by atoms with E-state index in [9.17, 15) is 4.79 Å². The zero-order valence-corrected chi connectivity index (χ0v) is 14.9. The maximum Gasteiger partial charge on any atom is 0.275 e. The lowest BCUT2D eigenvalue weighted by atomic mass is 10.1. The third-order valence-electron chi connectivity index (χ3n) is 4.94. The summed E-state index contributed by atoms with van der Waals surface area (Å²) in [5.74, 6) is 0.0102. The molecule has 2 saturated heterocycles. The van der Waals surface area contributed by atoms with Crippen LogP contribution in [-0.4, -0.2) is 47.0 Å². The molecule has 0 saturated carbocycles. The van der Waals surface area contributed by atoms with E-state index in [1.807, 2.05) is 18.0 Å². The smallest absolute Gasteiger partial charge is 0.275 e. The summed E-state index contributed by atoms with van der Waals surface area (Å²) in [6.07, 6.45) is 5.55. The lowest BCUT2D eigenvalue weighted by Crippen LogP contribution is -2.44. The van der Waals surface area contributed by atoms with Crippen molar-refractivity contribution in [2.24, 2.45) is 0 Å². The van der Waals surface area contributed by atoms with Crippen LogP contribution in [0, 0.1) is 6.92 Å². The fourth-order valence-electron chi connectivity index (χ4n) is 3.57. The number of aromatic nitrogens is 2. The number of nitrogens with zero attached hydrogens (tertiary/aromatic N) is 3. The van der Waals surface area contributed by atoms with Crippen molar-refractivity contribution in [3.63, 3.8) is 0 Å². The second-order valence-corrected chi connectivity index (χ2v) is 7.72. The number of thiophene rings is 1. The molecule has 4 rings (SSSR count). The van der Waals surface area contributed by atoms with Crippen molar-refractivity contribution < 1.29 is 9.53 Å². The monoisotopic (exact) mass is 348 g/mol. The Morgan fingerprint density at radius 2 is 2.04 bits per heavy atom. The van der Waals surface area contributed by atoms with E-state index >= 15 is 0 Å². The van der Waals surface area contributed by atoms with Crippen LogP contribution in [0.15, 0.2) is 6.07 Å². The third kappa shape index (κ3) is 3.08. The van der Waals surface area contributed by atoms with Gasteiger partial charge in [-0.25, -0.2) is 5.01 Å². The molecule has 0 radical (unpaired) electrons. The highest BCUT2D eigenvalue weighted by Gasteiger charge is 2.23. The summed E-state index contributed by atoms with van der Waals surface area (Å²) < 4.78 is 7.58. The topological polar surface area (TPSA) is 59.4 Å². The number of rotatable bonds is 3. The quantitative estimate of drug-likeness (QED) is 0.927. The van der Waals surface area contributed by atoms with E-state index in [0.29, 0.717) is 6.04 Å². The molecule has 2 fully saturated rings. The maximum atomic E-state index is 12.6. The number of hydrogen-bond donors (Lipinski definition) is 1. The number of aryl methyl sites for hydroxylation is 1. The van der Waals surface area contributed by atoms with Crippen molar-refractivity contribution >= 4 is 27.5 Å². The lowest BCUT2D eigenvalue weighted by molar-refractivity contribution is 0.0675. The van der Waals surface area contributed by atoms with Crippen molar-refractivity contribution in [3.05, 3.63) is 16.6 Å². The summed E-state index contributed by atoms with van der Waals surface area (Å²) >= 11 is 1.56. The van der Waals surface area contributed by atoms with Crippen molar-refractivity contribution in [2.75, 3.05) is 26.3 Å². The summed E-state index contributed by atoms with van der Waals surface area (Å²) in [5.41, 5.74) is 4.06. The molecule has 4 heterocycles. The van der Waals surface area contributed by atoms with E-state index in [1.165, 1.54) is 6.42 Å². The number of amides is 1. The van der Waals surface area contributed by atoms with E-state index in [-0.39, 0.29) is 5.91 Å². The predicted molar refractivity (Wildman–Crippen MR) is 94.3 cm³/mol. The first-order valence-corrected chi connectivity index (χ1v) is 9.66. The van der Waals surface area contributed by atoms with Gasteiger partial charge in [-0.15, -0.1) is 11.3 Å². The van der Waals surface area contributed by atoms with Crippen LogP contribution in [0.1, 0.15) is 53.5 Å². The van der Waals surface area contributed by atoms with Gasteiger partial charge in [0.2, 0.25) is 0 Å². The number of fused-ring (bicyclic) bond motifs is 1. The molecule has 0 unspecified atom stereocenters. The number of hydrogen-bond acceptors (Lipinski definition) is 5. The van der Waals surface area contributed by atoms with Crippen LogP contribution in [0.4, 0.5) is 0 Å². The first-order chi connectivity index (χ1) is 11.7. The Kier molecular flexibility index (Phi) is 4.56. The summed E-state index contributed by atoms with van der Waals surface area (Å²) in [5, 5.41) is 7.88. The summed E-state index contributed by atoms with van der Waals surface area (Å²) in [6.45, 7) is 5.51. The Bertz CT molecular complexity index is 726. The molecule has 2 aromatic rings. The first-order valence-electron chi connectivity index (χ1n) is 8.85. The van der Waals surface area contributed by atoms with Crippen LogP contribution >= 0.6 is 11.3 Å². The van der Waals surface area contributed by atoms with Crippen molar-refractivity contribution in [1.29, 1.82) is 0 Å². The average Bonchev–Trinajstić information content (AvgIpc) is 3.18. The second-order valence-electron chi connectivity index (χ2n) is 6.69. The minimum atomic E-state index is 0.0102. The molecule has 6 nitrogen and oxygen atoms in total. The normalized spacial score (nSPS) is 20.5. The minimum absolute atomic E-state index is 0.0102. The number of carbonyl (C=O) groups is 1. The molecular formula is C17H24N4O2S. The molecule has 130 valence electrons. The fourth-order valence-corrected chi connectivity index (χ4v) is 4.69. The zero-order chi connectivity index (χ0) is 16.5. The van der Waals surface area contributed by atoms with Crippen LogP contribution in [-0.2, 0) is 4.74 Å². The molecule has 0 aliphatic carbocycles. The van der Waals surface area contributed by atoms with Gasteiger partial charge in [0.15, 0.2) is 0 Å². The molecule has 24 heavy (non-hydrogen) atoms. The lowest BCUT2D eigenvalue weighted by Gasteiger charge is -2.26. The van der Waals surface area contributed by atoms with Crippen molar-refractivity contribution in [3.8, 4) is 0 Å². The number of carbonyl (C=O) groups excluding carboxylic acids is 1. The fraction of sp³-hybridized carbons (Fsp3) is 0.647. The van der Waals surface area contributed by atoms with Gasteiger partial charge in [0, 0.05) is 31.7 Å². The van der Waals surface area contributed by atoms with E-state index in [1.54, 1.807) is 11.3 Å². The highest BCUT2D eigenvalue weighted by Crippen LogP contribution is 2.33. The van der Waals surface area contributed by atoms with Crippen molar-refractivity contribution in [2.45, 2.75) is 45.1 Å². The largest absolute Gasteiger partial charge is 0.381 e. The predicted octanol–water partition coefficient (Wildman–Crippen LogP) is 2.89. The van der Waals surface area contributed by atoms with Gasteiger partial charge in [0.25, 0.3) is 5.91 Å². The van der Waals surface area contributed by atoms with Crippen LogP contribution < -0.4 is 5.43 Å². The van der Waals surface area contributed by atoms with Crippen molar-refractivity contribution in [1.82, 2.24) is 20.2 Å². The molecule has 2 aliphatic heterocycles. The Balaban J connectivity index is 1.57. The molecule has 7 heteroatoms. The van der Waals surface area contributed by atoms with Gasteiger partial charge in [0.1, 0.15) is 4.83 Å². The number of ether oxygens (including phenoxy) is 1. The Morgan fingerprint density at radius 1 is 1.29 bits per heavy atom. The zero-order valence-electron chi connectivity index (χ0n) is 14.1. The van der Waals surface area contributed by atoms with Crippen LogP contribution in [0.5, 0.6) is 0 Å². The Hall–Kier alpha value is -1.44. The van der Waals surface area contributed by atoms with Crippen LogP contribution in [0.2, 0.25) is 0 Å². The summed E-state index contributed by atoms with van der Waals surface area (Å²) in [4.78, 5) is 14.5. The van der Waals surface area contributed by atoms with Crippen LogP contribution in [0.3, 0.4) is 0 Å². The average molecular weight is 348 g/mol. The van der Waals surface area contributed by atoms with Gasteiger partial charge in [-0.2, -0.15) is 5.10 Å². The van der Waals surface area contributed by atoms with Gasteiger partial charge >= 0.3 is 0 Å². The number of hydrazine groups is 1. The van der Waals surface area contributed by atoms with Gasteiger partial charge in [-0.3, -0.25) is 14.9 Å². The molecule has 0 spiro atoms. The molecule has 0 atom stereocenters. The van der Waals surface area contributed by atoms with Gasteiger partial charge in [-0.05, 0) is 38.7 Å². The summed E-state index contributed by atoms with van der Waals surface area (Å²) in [7, 11) is 0. The molecule has 2 aromatic heterocycles. The highest BCUT2D eigenvalue weighted by atomic mass is 32.1. The first kappa shape index (κ1) is 16.1. The molecule has 0 aromatic carbocycles. The molecule has 1 amide bonds. The van der Waals surface area contributed by atoms with Gasteiger partial charge < -0.3 is 4.74 Å². The molecule has 0 bridgehead atoms. The maximum absolute atomic E-state index is 12.6. The number of piperidine rings is 1. The molecule has 1 N–H and O–H groups in total. The Morgan fingerprint density at radius 3 is 2.79 bits per heavy atom. The molecule has 2 aliphatic rings. The molecular weight excluding hydrogens is 324 g/mol. The number of nitrogens with one attached hydrogen (secondary N) is 1. The second kappa shape index (κ2) is 6.82.